The predicted molar refractivity (Wildman–Crippen MR) is 71.0 cm³/mol. The largest absolute Gasteiger partial charge is 0.396 e. The summed E-state index contributed by atoms with van der Waals surface area (Å²) in [5, 5.41) is 9.70. The first-order valence-corrected chi connectivity index (χ1v) is 7.80. The summed E-state index contributed by atoms with van der Waals surface area (Å²) >= 11 is 2.07. The van der Waals surface area contributed by atoms with Crippen molar-refractivity contribution in [3.05, 3.63) is 0 Å². The molecule has 1 unspecified atom stereocenters. The second-order valence-corrected chi connectivity index (χ2v) is 6.80. The number of hydrogen-bond acceptors (Lipinski definition) is 3. The van der Waals surface area contributed by atoms with Crippen molar-refractivity contribution in [1.82, 2.24) is 4.90 Å². The van der Waals surface area contributed by atoms with Crippen LogP contribution in [0.25, 0.3) is 0 Å². The van der Waals surface area contributed by atoms with Crippen LogP contribution >= 0.6 is 11.8 Å². The number of aliphatic hydroxyl groups excluding tert-OH is 1. The Bertz CT molecular complexity index is 210. The van der Waals surface area contributed by atoms with Crippen molar-refractivity contribution >= 4 is 11.8 Å². The summed E-state index contributed by atoms with van der Waals surface area (Å²) in [5.41, 5.74) is 0.222. The summed E-state index contributed by atoms with van der Waals surface area (Å²) in [6, 6.07) is 0.760. The SMILES string of the molecule is CN(CC1(CO)CCCCC1)C1CCSC1. The molecule has 1 heterocycles. The smallest absolute Gasteiger partial charge is 0.0499 e. The molecule has 3 heteroatoms. The van der Waals surface area contributed by atoms with Gasteiger partial charge in [-0.1, -0.05) is 19.3 Å². The standard InChI is InChI=1S/C13H25NOS/c1-14(12-5-8-16-9-12)10-13(11-15)6-3-2-4-7-13/h12,15H,2-11H2,1H3. The fourth-order valence-corrected chi connectivity index (χ4v) is 4.49. The minimum absolute atomic E-state index is 0.222. The zero-order valence-electron chi connectivity index (χ0n) is 10.5. The van der Waals surface area contributed by atoms with E-state index in [1.807, 2.05) is 0 Å². The second kappa shape index (κ2) is 5.74. The summed E-state index contributed by atoms with van der Waals surface area (Å²) in [4.78, 5) is 2.52. The van der Waals surface area contributed by atoms with Gasteiger partial charge in [0.05, 0.1) is 0 Å². The van der Waals surface area contributed by atoms with Crippen molar-refractivity contribution in [2.75, 3.05) is 31.7 Å². The van der Waals surface area contributed by atoms with Gasteiger partial charge in [0.1, 0.15) is 0 Å². The van der Waals surface area contributed by atoms with Crippen LogP contribution in [0, 0.1) is 5.41 Å². The van der Waals surface area contributed by atoms with E-state index in [2.05, 4.69) is 23.7 Å². The van der Waals surface area contributed by atoms with Crippen molar-refractivity contribution in [2.45, 2.75) is 44.6 Å². The predicted octanol–water partition coefficient (Wildman–Crippen LogP) is 2.37. The highest BCUT2D eigenvalue weighted by molar-refractivity contribution is 7.99. The van der Waals surface area contributed by atoms with E-state index in [4.69, 9.17) is 0 Å². The molecule has 94 valence electrons. The molecule has 1 saturated carbocycles. The summed E-state index contributed by atoms with van der Waals surface area (Å²) in [6.45, 7) is 1.49. The Kier molecular flexibility index (Phi) is 4.57. The highest BCUT2D eigenvalue weighted by Crippen LogP contribution is 2.37. The molecule has 2 rings (SSSR count). The molecule has 1 atom stereocenters. The first-order chi connectivity index (χ1) is 7.76. The second-order valence-electron chi connectivity index (χ2n) is 5.65. The van der Waals surface area contributed by atoms with Crippen molar-refractivity contribution in [2.24, 2.45) is 5.41 Å². The van der Waals surface area contributed by atoms with Gasteiger partial charge in [0, 0.05) is 30.4 Å². The zero-order valence-corrected chi connectivity index (χ0v) is 11.3. The summed E-state index contributed by atoms with van der Waals surface area (Å²) in [7, 11) is 2.25. The van der Waals surface area contributed by atoms with Crippen LogP contribution in [-0.4, -0.2) is 47.8 Å². The van der Waals surface area contributed by atoms with Gasteiger partial charge in [-0.3, -0.25) is 0 Å². The van der Waals surface area contributed by atoms with E-state index in [0.29, 0.717) is 6.61 Å². The van der Waals surface area contributed by atoms with Gasteiger partial charge in [0.25, 0.3) is 0 Å². The molecule has 0 bridgehead atoms. The Hall–Kier alpha value is 0.270. The van der Waals surface area contributed by atoms with Gasteiger partial charge in [-0.15, -0.1) is 0 Å². The number of rotatable bonds is 4. The highest BCUT2D eigenvalue weighted by Gasteiger charge is 2.34. The van der Waals surface area contributed by atoms with E-state index in [1.54, 1.807) is 0 Å². The van der Waals surface area contributed by atoms with Crippen LogP contribution in [0.5, 0.6) is 0 Å². The van der Waals surface area contributed by atoms with Crippen molar-refractivity contribution in [3.63, 3.8) is 0 Å². The molecule has 0 amide bonds. The van der Waals surface area contributed by atoms with Gasteiger partial charge in [0.15, 0.2) is 0 Å². The monoisotopic (exact) mass is 243 g/mol. The van der Waals surface area contributed by atoms with Crippen LogP contribution in [0.3, 0.4) is 0 Å². The number of nitrogens with zero attached hydrogens (tertiary/aromatic N) is 1. The third kappa shape index (κ3) is 2.93. The molecule has 1 aliphatic carbocycles. The zero-order chi connectivity index (χ0) is 11.4. The molecule has 1 N–H and O–H groups in total. The van der Waals surface area contributed by atoms with E-state index >= 15 is 0 Å². The van der Waals surface area contributed by atoms with Gasteiger partial charge in [0.2, 0.25) is 0 Å². The quantitative estimate of drug-likeness (QED) is 0.820. The lowest BCUT2D eigenvalue weighted by Gasteiger charge is -2.40. The van der Waals surface area contributed by atoms with Crippen molar-refractivity contribution < 1.29 is 5.11 Å². The average molecular weight is 243 g/mol. The topological polar surface area (TPSA) is 23.5 Å². The fraction of sp³-hybridized carbons (Fsp3) is 1.00. The average Bonchev–Trinajstić information content (AvgIpc) is 2.84. The highest BCUT2D eigenvalue weighted by atomic mass is 32.2. The van der Waals surface area contributed by atoms with Crippen molar-refractivity contribution in [1.29, 1.82) is 0 Å². The first-order valence-electron chi connectivity index (χ1n) is 6.65. The maximum atomic E-state index is 9.70. The van der Waals surface area contributed by atoms with Crippen LogP contribution in [-0.2, 0) is 0 Å². The summed E-state index contributed by atoms with van der Waals surface area (Å²) in [5.74, 6) is 2.61. The van der Waals surface area contributed by atoms with E-state index in [0.717, 1.165) is 12.6 Å². The lowest BCUT2D eigenvalue weighted by Crippen LogP contribution is -2.44. The molecule has 2 fully saturated rings. The number of hydrogen-bond donors (Lipinski definition) is 1. The minimum atomic E-state index is 0.222. The fourth-order valence-electron chi connectivity index (χ4n) is 3.20. The molecule has 0 aromatic rings. The van der Waals surface area contributed by atoms with E-state index in [9.17, 15) is 5.11 Å². The Morgan fingerprint density at radius 1 is 1.31 bits per heavy atom. The van der Waals surface area contributed by atoms with Gasteiger partial charge in [-0.2, -0.15) is 11.8 Å². The molecule has 0 aromatic carbocycles. The van der Waals surface area contributed by atoms with Crippen LogP contribution in [0.2, 0.25) is 0 Å². The Morgan fingerprint density at radius 2 is 2.06 bits per heavy atom. The number of aliphatic hydroxyl groups is 1. The van der Waals surface area contributed by atoms with Crippen molar-refractivity contribution in [3.8, 4) is 0 Å². The third-order valence-corrected chi connectivity index (χ3v) is 5.51. The summed E-state index contributed by atoms with van der Waals surface area (Å²) < 4.78 is 0. The van der Waals surface area contributed by atoms with Gasteiger partial charge < -0.3 is 10.0 Å². The summed E-state index contributed by atoms with van der Waals surface area (Å²) in [6.07, 6.45) is 7.79. The maximum Gasteiger partial charge on any atom is 0.0499 e. The van der Waals surface area contributed by atoms with E-state index in [1.165, 1.54) is 50.0 Å². The molecule has 2 nitrogen and oxygen atoms in total. The van der Waals surface area contributed by atoms with Crippen LogP contribution in [0.15, 0.2) is 0 Å². The molecule has 0 radical (unpaired) electrons. The Labute approximate surface area is 104 Å². The van der Waals surface area contributed by atoms with Gasteiger partial charge in [-0.05, 0) is 32.1 Å². The molecular weight excluding hydrogens is 218 g/mol. The lowest BCUT2D eigenvalue weighted by atomic mass is 9.74. The molecule has 1 aliphatic heterocycles. The molecule has 0 aromatic heterocycles. The molecule has 2 aliphatic rings. The normalized spacial score (nSPS) is 29.8. The minimum Gasteiger partial charge on any atom is -0.396 e. The van der Waals surface area contributed by atoms with E-state index in [-0.39, 0.29) is 5.41 Å². The lowest BCUT2D eigenvalue weighted by molar-refractivity contribution is 0.0387. The van der Waals surface area contributed by atoms with Crippen LogP contribution in [0.1, 0.15) is 38.5 Å². The van der Waals surface area contributed by atoms with Gasteiger partial charge >= 0.3 is 0 Å². The molecular formula is C13H25NOS. The first kappa shape index (κ1) is 12.7. The molecule has 0 spiro atoms. The Balaban J connectivity index is 1.89. The third-order valence-electron chi connectivity index (χ3n) is 4.36. The van der Waals surface area contributed by atoms with Gasteiger partial charge in [-0.25, -0.2) is 0 Å². The van der Waals surface area contributed by atoms with Crippen LogP contribution in [0.4, 0.5) is 0 Å². The Morgan fingerprint density at radius 3 is 2.62 bits per heavy atom. The van der Waals surface area contributed by atoms with E-state index < -0.39 is 0 Å². The maximum absolute atomic E-state index is 9.70. The molecule has 1 saturated heterocycles. The number of thioether (sulfide) groups is 1. The van der Waals surface area contributed by atoms with Crippen LogP contribution < -0.4 is 0 Å². The molecule has 16 heavy (non-hydrogen) atoms.